The van der Waals surface area contributed by atoms with Crippen LogP contribution in [0.5, 0.6) is 0 Å². The van der Waals surface area contributed by atoms with Crippen LogP contribution in [-0.4, -0.2) is 25.2 Å². The average molecular weight is 196 g/mol. The molecule has 0 aromatic heterocycles. The number of carbonyl (C=O) groups excluding carboxylic acids is 2. The topological polar surface area (TPSA) is 52.6 Å². The highest BCUT2D eigenvalue weighted by molar-refractivity contribution is 5.91. The van der Waals surface area contributed by atoms with Gasteiger partial charge in [0.2, 0.25) is 0 Å². The number of hydrogen-bond acceptors (Lipinski definition) is 4. The molecule has 0 heterocycles. The van der Waals surface area contributed by atoms with Crippen molar-refractivity contribution in [3.05, 3.63) is 37.5 Å². The lowest BCUT2D eigenvalue weighted by atomic mass is 10.5. The Bertz CT molecular complexity index is 227. The number of carbonyl (C=O) groups is 2. The zero-order valence-electron chi connectivity index (χ0n) is 7.77. The standard InChI is InChI=1S/C10H12O4/c1-3-7-13-9(11)5-6-10(12)14-8-4-2/h3-6H,1-2,7-8H2. The highest BCUT2D eigenvalue weighted by atomic mass is 16.5. The Morgan fingerprint density at radius 3 is 1.57 bits per heavy atom. The van der Waals surface area contributed by atoms with Crippen molar-refractivity contribution in [2.24, 2.45) is 0 Å². The molecule has 0 saturated carbocycles. The maximum atomic E-state index is 10.8. The first kappa shape index (κ1) is 12.2. The Balaban J connectivity index is 3.78. The van der Waals surface area contributed by atoms with Crippen LogP contribution in [0.3, 0.4) is 0 Å². The molecule has 0 fully saturated rings. The SMILES string of the molecule is C=CCOC(=O)C=CC(=O)OCC=C. The van der Waals surface area contributed by atoms with Crippen LogP contribution in [0.4, 0.5) is 0 Å². The first-order chi connectivity index (χ1) is 6.70. The minimum atomic E-state index is -0.611. The van der Waals surface area contributed by atoms with E-state index in [9.17, 15) is 9.59 Å². The number of ether oxygens (including phenoxy) is 2. The molecule has 4 nitrogen and oxygen atoms in total. The van der Waals surface area contributed by atoms with Gasteiger partial charge in [-0.3, -0.25) is 0 Å². The van der Waals surface area contributed by atoms with Gasteiger partial charge < -0.3 is 9.47 Å². The molecule has 0 aliphatic heterocycles. The molecule has 0 aromatic rings. The van der Waals surface area contributed by atoms with Crippen molar-refractivity contribution in [1.82, 2.24) is 0 Å². The van der Waals surface area contributed by atoms with Crippen LogP contribution in [0, 0.1) is 0 Å². The summed E-state index contributed by atoms with van der Waals surface area (Å²) in [7, 11) is 0. The molecule has 0 aliphatic rings. The molecule has 0 amide bonds. The Kier molecular flexibility index (Phi) is 6.77. The summed E-state index contributed by atoms with van der Waals surface area (Å²) in [6.07, 6.45) is 4.85. The van der Waals surface area contributed by atoms with Gasteiger partial charge in [-0.05, 0) is 0 Å². The third-order valence-corrected chi connectivity index (χ3v) is 1.04. The molecule has 0 N–H and O–H groups in total. The normalized spacial score (nSPS) is 9.43. The van der Waals surface area contributed by atoms with E-state index in [2.05, 4.69) is 22.6 Å². The predicted molar refractivity (Wildman–Crippen MR) is 51.5 cm³/mol. The average Bonchev–Trinajstić information content (AvgIpc) is 2.20. The van der Waals surface area contributed by atoms with Crippen molar-refractivity contribution in [2.45, 2.75) is 0 Å². The molecule has 14 heavy (non-hydrogen) atoms. The van der Waals surface area contributed by atoms with Crippen molar-refractivity contribution in [3.8, 4) is 0 Å². The molecule has 0 radical (unpaired) electrons. The number of hydrogen-bond donors (Lipinski definition) is 0. The Labute approximate surface area is 82.5 Å². The van der Waals surface area contributed by atoms with Crippen LogP contribution in [-0.2, 0) is 19.1 Å². The van der Waals surface area contributed by atoms with E-state index in [-0.39, 0.29) is 13.2 Å². The Morgan fingerprint density at radius 1 is 0.929 bits per heavy atom. The highest BCUT2D eigenvalue weighted by Crippen LogP contribution is 1.85. The Morgan fingerprint density at radius 2 is 1.29 bits per heavy atom. The summed E-state index contributed by atoms with van der Waals surface area (Å²) in [5.74, 6) is -1.22. The van der Waals surface area contributed by atoms with Crippen LogP contribution >= 0.6 is 0 Å². The van der Waals surface area contributed by atoms with Gasteiger partial charge in [-0.2, -0.15) is 0 Å². The molecule has 0 atom stereocenters. The highest BCUT2D eigenvalue weighted by Gasteiger charge is 1.98. The molecule has 76 valence electrons. The smallest absolute Gasteiger partial charge is 0.331 e. The first-order valence-electron chi connectivity index (χ1n) is 3.94. The van der Waals surface area contributed by atoms with Gasteiger partial charge in [0.1, 0.15) is 13.2 Å². The summed E-state index contributed by atoms with van der Waals surface area (Å²) < 4.78 is 9.15. The number of esters is 2. The van der Waals surface area contributed by atoms with Crippen LogP contribution in [0.25, 0.3) is 0 Å². The van der Waals surface area contributed by atoms with Gasteiger partial charge in [0.05, 0.1) is 0 Å². The fourth-order valence-electron chi connectivity index (χ4n) is 0.514. The maximum Gasteiger partial charge on any atom is 0.331 e. The molecule has 0 aromatic carbocycles. The van der Waals surface area contributed by atoms with Gasteiger partial charge >= 0.3 is 11.9 Å². The van der Waals surface area contributed by atoms with E-state index < -0.39 is 11.9 Å². The first-order valence-corrected chi connectivity index (χ1v) is 3.94. The van der Waals surface area contributed by atoms with Gasteiger partial charge in [0.25, 0.3) is 0 Å². The van der Waals surface area contributed by atoms with Crippen LogP contribution in [0.15, 0.2) is 37.5 Å². The molecule has 0 spiro atoms. The van der Waals surface area contributed by atoms with Crippen molar-refractivity contribution in [1.29, 1.82) is 0 Å². The summed E-state index contributed by atoms with van der Waals surface area (Å²) in [5, 5.41) is 0. The lowest BCUT2D eigenvalue weighted by Crippen LogP contribution is -2.04. The molecular formula is C10H12O4. The second-order valence-corrected chi connectivity index (χ2v) is 2.17. The molecular weight excluding hydrogens is 184 g/mol. The summed E-state index contributed by atoms with van der Waals surface area (Å²) in [5.41, 5.74) is 0. The number of rotatable bonds is 6. The predicted octanol–water partition coefficient (Wildman–Crippen LogP) is 1.00. The van der Waals surface area contributed by atoms with Gasteiger partial charge in [0.15, 0.2) is 0 Å². The second kappa shape index (κ2) is 7.79. The summed E-state index contributed by atoms with van der Waals surface area (Å²) in [6, 6.07) is 0. The molecule has 0 rings (SSSR count). The monoisotopic (exact) mass is 196 g/mol. The Hall–Kier alpha value is -1.84. The van der Waals surface area contributed by atoms with Gasteiger partial charge in [-0.15, -0.1) is 0 Å². The molecule has 0 bridgehead atoms. The van der Waals surface area contributed by atoms with Crippen LogP contribution < -0.4 is 0 Å². The van der Waals surface area contributed by atoms with E-state index in [1.807, 2.05) is 0 Å². The van der Waals surface area contributed by atoms with E-state index in [1.54, 1.807) is 0 Å². The van der Waals surface area contributed by atoms with Crippen molar-refractivity contribution >= 4 is 11.9 Å². The van der Waals surface area contributed by atoms with Gasteiger partial charge in [0, 0.05) is 12.2 Å². The minimum absolute atomic E-state index is 0.116. The third-order valence-electron chi connectivity index (χ3n) is 1.04. The molecule has 0 saturated heterocycles. The van der Waals surface area contributed by atoms with E-state index in [1.165, 1.54) is 12.2 Å². The van der Waals surface area contributed by atoms with Gasteiger partial charge in [-0.25, -0.2) is 9.59 Å². The van der Waals surface area contributed by atoms with Crippen molar-refractivity contribution in [2.75, 3.05) is 13.2 Å². The fourth-order valence-corrected chi connectivity index (χ4v) is 0.514. The van der Waals surface area contributed by atoms with E-state index in [0.29, 0.717) is 0 Å². The quantitative estimate of drug-likeness (QED) is 0.361. The van der Waals surface area contributed by atoms with Crippen molar-refractivity contribution in [3.63, 3.8) is 0 Å². The second-order valence-electron chi connectivity index (χ2n) is 2.17. The largest absolute Gasteiger partial charge is 0.458 e. The van der Waals surface area contributed by atoms with E-state index in [4.69, 9.17) is 0 Å². The maximum absolute atomic E-state index is 10.8. The summed E-state index contributed by atoms with van der Waals surface area (Å²) in [6.45, 7) is 6.96. The molecule has 0 aliphatic carbocycles. The third kappa shape index (κ3) is 6.84. The van der Waals surface area contributed by atoms with Crippen LogP contribution in [0.1, 0.15) is 0 Å². The molecule has 4 heteroatoms. The van der Waals surface area contributed by atoms with Crippen molar-refractivity contribution < 1.29 is 19.1 Å². The lowest BCUT2D eigenvalue weighted by molar-refractivity contribution is -0.139. The van der Waals surface area contributed by atoms with E-state index >= 15 is 0 Å². The zero-order valence-corrected chi connectivity index (χ0v) is 7.77. The molecule has 0 unspecified atom stereocenters. The van der Waals surface area contributed by atoms with E-state index in [0.717, 1.165) is 12.2 Å². The zero-order chi connectivity index (χ0) is 10.8. The lowest BCUT2D eigenvalue weighted by Gasteiger charge is -1.96. The van der Waals surface area contributed by atoms with Crippen LogP contribution in [0.2, 0.25) is 0 Å². The van der Waals surface area contributed by atoms with Gasteiger partial charge in [-0.1, -0.05) is 25.3 Å². The fraction of sp³-hybridized carbons (Fsp3) is 0.200. The summed E-state index contributed by atoms with van der Waals surface area (Å²) in [4.78, 5) is 21.6. The minimum Gasteiger partial charge on any atom is -0.458 e. The summed E-state index contributed by atoms with van der Waals surface area (Å²) >= 11 is 0.